The molecule has 0 aromatic carbocycles. The maximum absolute atomic E-state index is 12.3. The fourth-order valence-corrected chi connectivity index (χ4v) is 3.45. The number of piperazine rings is 1. The monoisotopic (exact) mass is 264 g/mol. The number of rotatable bonds is 1. The Bertz CT molecular complexity index is 234. The second-order valence-corrected chi connectivity index (χ2v) is 5.70. The van der Waals surface area contributed by atoms with E-state index in [1.54, 1.807) is 0 Å². The fraction of sp³-hybridized carbons (Fsp3) is 0.909. The summed E-state index contributed by atoms with van der Waals surface area (Å²) < 4.78 is 0. The van der Waals surface area contributed by atoms with Gasteiger partial charge < -0.3 is 10.2 Å². The van der Waals surface area contributed by atoms with E-state index in [2.05, 4.69) is 17.1 Å². The number of amides is 1. The molecular weight excluding hydrogens is 244 g/mol. The molecule has 0 spiro atoms. The summed E-state index contributed by atoms with van der Waals surface area (Å²) in [5.41, 5.74) is 0. The van der Waals surface area contributed by atoms with Crippen LogP contribution in [0.5, 0.6) is 0 Å². The summed E-state index contributed by atoms with van der Waals surface area (Å²) in [7, 11) is 0. The molecule has 2 saturated heterocycles. The minimum atomic E-state index is 0. The summed E-state index contributed by atoms with van der Waals surface area (Å²) in [5.74, 6) is 3.05. The number of nitrogens with zero attached hydrogens (tertiary/aromatic N) is 1. The molecular formula is C11H21ClN2OS. The first-order valence-corrected chi connectivity index (χ1v) is 7.03. The number of hydrogen-bond donors (Lipinski definition) is 1. The van der Waals surface area contributed by atoms with Gasteiger partial charge in [0.2, 0.25) is 5.91 Å². The molecule has 0 bridgehead atoms. The van der Waals surface area contributed by atoms with Crippen LogP contribution in [-0.4, -0.2) is 48.0 Å². The van der Waals surface area contributed by atoms with Gasteiger partial charge in [-0.2, -0.15) is 11.8 Å². The van der Waals surface area contributed by atoms with Crippen LogP contribution in [0, 0.1) is 5.92 Å². The van der Waals surface area contributed by atoms with Crippen molar-refractivity contribution in [2.75, 3.05) is 31.1 Å². The van der Waals surface area contributed by atoms with E-state index in [0.717, 1.165) is 44.0 Å². The Balaban J connectivity index is 0.00000128. The average Bonchev–Trinajstić information content (AvgIpc) is 2.30. The van der Waals surface area contributed by atoms with Gasteiger partial charge in [-0.3, -0.25) is 4.79 Å². The van der Waals surface area contributed by atoms with Crippen molar-refractivity contribution in [3.8, 4) is 0 Å². The maximum Gasteiger partial charge on any atom is 0.226 e. The molecule has 2 aliphatic rings. The molecule has 0 aromatic rings. The largest absolute Gasteiger partial charge is 0.337 e. The molecule has 1 atom stereocenters. The number of carbonyl (C=O) groups excluding carboxylic acids is 1. The van der Waals surface area contributed by atoms with Crippen LogP contribution >= 0.6 is 24.2 Å². The average molecular weight is 265 g/mol. The molecule has 0 saturated carbocycles. The Morgan fingerprint density at radius 1 is 1.38 bits per heavy atom. The molecule has 2 aliphatic heterocycles. The molecule has 16 heavy (non-hydrogen) atoms. The number of carbonyl (C=O) groups is 1. The van der Waals surface area contributed by atoms with Crippen LogP contribution in [-0.2, 0) is 4.79 Å². The van der Waals surface area contributed by atoms with Crippen molar-refractivity contribution in [3.05, 3.63) is 0 Å². The van der Waals surface area contributed by atoms with Gasteiger partial charge in [0.15, 0.2) is 0 Å². The number of hydrogen-bond acceptors (Lipinski definition) is 3. The van der Waals surface area contributed by atoms with E-state index < -0.39 is 0 Å². The summed E-state index contributed by atoms with van der Waals surface area (Å²) in [6.45, 7) is 4.94. The first kappa shape index (κ1) is 14.1. The Kier molecular flexibility index (Phi) is 5.94. The second-order valence-electron chi connectivity index (χ2n) is 4.47. The molecule has 0 radical (unpaired) electrons. The summed E-state index contributed by atoms with van der Waals surface area (Å²) in [5, 5.41) is 3.32. The molecule has 5 heteroatoms. The second kappa shape index (κ2) is 6.72. The Morgan fingerprint density at radius 2 is 2.06 bits per heavy atom. The third-order valence-electron chi connectivity index (χ3n) is 3.35. The summed E-state index contributed by atoms with van der Waals surface area (Å²) in [6.07, 6.45) is 2.17. The first-order chi connectivity index (χ1) is 7.29. The summed E-state index contributed by atoms with van der Waals surface area (Å²) in [4.78, 5) is 14.3. The Morgan fingerprint density at radius 3 is 2.69 bits per heavy atom. The van der Waals surface area contributed by atoms with Gasteiger partial charge >= 0.3 is 0 Å². The van der Waals surface area contributed by atoms with E-state index in [-0.39, 0.29) is 12.4 Å². The highest BCUT2D eigenvalue weighted by molar-refractivity contribution is 7.99. The van der Waals surface area contributed by atoms with Gasteiger partial charge in [0.05, 0.1) is 0 Å². The van der Waals surface area contributed by atoms with Crippen molar-refractivity contribution < 1.29 is 4.79 Å². The van der Waals surface area contributed by atoms with Crippen molar-refractivity contribution in [1.29, 1.82) is 0 Å². The molecule has 0 aliphatic carbocycles. The minimum absolute atomic E-state index is 0. The lowest BCUT2D eigenvalue weighted by Gasteiger charge is -2.37. The van der Waals surface area contributed by atoms with Crippen molar-refractivity contribution >= 4 is 30.1 Å². The Labute approximate surface area is 108 Å². The lowest BCUT2D eigenvalue weighted by Crippen LogP contribution is -2.54. The van der Waals surface area contributed by atoms with Crippen LogP contribution < -0.4 is 5.32 Å². The number of nitrogens with one attached hydrogen (secondary N) is 1. The van der Waals surface area contributed by atoms with E-state index >= 15 is 0 Å². The summed E-state index contributed by atoms with van der Waals surface area (Å²) >= 11 is 1.98. The molecule has 1 amide bonds. The summed E-state index contributed by atoms with van der Waals surface area (Å²) in [6, 6.07) is 0.376. The van der Waals surface area contributed by atoms with Crippen molar-refractivity contribution in [2.24, 2.45) is 5.92 Å². The molecule has 94 valence electrons. The van der Waals surface area contributed by atoms with Crippen LogP contribution in [0.3, 0.4) is 0 Å². The first-order valence-electron chi connectivity index (χ1n) is 5.88. The number of halogens is 1. The standard InChI is InChI=1S/C11H20N2OS.ClH/c1-9-8-12-4-5-13(9)11(14)10-2-6-15-7-3-10;/h9-10,12H,2-8H2,1H3;1H. The molecule has 2 heterocycles. The van der Waals surface area contributed by atoms with Gasteiger partial charge in [0.1, 0.15) is 0 Å². The van der Waals surface area contributed by atoms with E-state index in [1.807, 2.05) is 11.8 Å². The van der Waals surface area contributed by atoms with E-state index in [9.17, 15) is 4.79 Å². The molecule has 1 N–H and O–H groups in total. The van der Waals surface area contributed by atoms with Crippen molar-refractivity contribution in [1.82, 2.24) is 10.2 Å². The SMILES string of the molecule is CC1CNCCN1C(=O)C1CCSCC1.Cl. The van der Waals surface area contributed by atoms with Crippen LogP contribution in [0.1, 0.15) is 19.8 Å². The van der Waals surface area contributed by atoms with Crippen molar-refractivity contribution in [3.63, 3.8) is 0 Å². The molecule has 1 unspecified atom stereocenters. The predicted octanol–water partition coefficient (Wildman–Crippen LogP) is 1.37. The fourth-order valence-electron chi connectivity index (χ4n) is 2.35. The highest BCUT2D eigenvalue weighted by Crippen LogP contribution is 2.25. The van der Waals surface area contributed by atoms with Crippen molar-refractivity contribution in [2.45, 2.75) is 25.8 Å². The minimum Gasteiger partial charge on any atom is -0.337 e. The van der Waals surface area contributed by atoms with Crippen LogP contribution in [0.25, 0.3) is 0 Å². The predicted molar refractivity (Wildman–Crippen MR) is 71.3 cm³/mol. The number of thioether (sulfide) groups is 1. The van der Waals surface area contributed by atoms with E-state index in [0.29, 0.717) is 17.9 Å². The molecule has 3 nitrogen and oxygen atoms in total. The highest BCUT2D eigenvalue weighted by atomic mass is 35.5. The lowest BCUT2D eigenvalue weighted by atomic mass is 9.99. The van der Waals surface area contributed by atoms with Gasteiger partial charge in [-0.1, -0.05) is 0 Å². The maximum atomic E-state index is 12.3. The zero-order valence-electron chi connectivity index (χ0n) is 9.78. The normalized spacial score (nSPS) is 27.3. The van der Waals surface area contributed by atoms with Gasteiger partial charge in [-0.15, -0.1) is 12.4 Å². The lowest BCUT2D eigenvalue weighted by molar-refractivity contribution is -0.138. The van der Waals surface area contributed by atoms with Gasteiger partial charge in [0, 0.05) is 31.6 Å². The van der Waals surface area contributed by atoms with E-state index in [1.165, 1.54) is 0 Å². The van der Waals surface area contributed by atoms with Crippen LogP contribution in [0.15, 0.2) is 0 Å². The zero-order valence-corrected chi connectivity index (χ0v) is 11.4. The molecule has 2 rings (SSSR count). The topological polar surface area (TPSA) is 32.3 Å². The molecule has 2 fully saturated rings. The smallest absolute Gasteiger partial charge is 0.226 e. The van der Waals surface area contributed by atoms with Crippen LogP contribution in [0.2, 0.25) is 0 Å². The van der Waals surface area contributed by atoms with Gasteiger partial charge in [-0.05, 0) is 31.3 Å². The molecule has 0 aromatic heterocycles. The zero-order chi connectivity index (χ0) is 10.7. The third-order valence-corrected chi connectivity index (χ3v) is 4.40. The quantitative estimate of drug-likeness (QED) is 0.777. The van der Waals surface area contributed by atoms with Gasteiger partial charge in [-0.25, -0.2) is 0 Å². The highest BCUT2D eigenvalue weighted by Gasteiger charge is 2.29. The Hall–Kier alpha value is 0.0700. The van der Waals surface area contributed by atoms with E-state index in [4.69, 9.17) is 0 Å². The van der Waals surface area contributed by atoms with Crippen LogP contribution in [0.4, 0.5) is 0 Å². The third kappa shape index (κ3) is 3.28. The van der Waals surface area contributed by atoms with Gasteiger partial charge in [0.25, 0.3) is 0 Å².